The average Bonchev–Trinajstić information content (AvgIpc) is 2.76. The number of aromatic nitrogens is 6. The van der Waals surface area contributed by atoms with E-state index in [0.29, 0.717) is 22.2 Å². The Labute approximate surface area is 196 Å². The predicted molar refractivity (Wildman–Crippen MR) is 132 cm³/mol. The Bertz CT molecular complexity index is 1230. The summed E-state index contributed by atoms with van der Waals surface area (Å²) in [4.78, 5) is 24.1. The Morgan fingerprint density at radius 1 is 1.03 bits per heavy atom. The molecule has 11 heteroatoms. The van der Waals surface area contributed by atoms with Crippen molar-refractivity contribution < 1.29 is 0 Å². The van der Waals surface area contributed by atoms with Crippen molar-refractivity contribution in [2.45, 2.75) is 52.1 Å². The van der Waals surface area contributed by atoms with Crippen LogP contribution in [0.5, 0.6) is 0 Å². The number of benzene rings is 1. The van der Waals surface area contributed by atoms with Crippen LogP contribution in [0.2, 0.25) is 0 Å². The minimum Gasteiger partial charge on any atom is -0.335 e. The molecular weight excluding hydrogens is 440 g/mol. The van der Waals surface area contributed by atoms with Crippen molar-refractivity contribution in [1.29, 1.82) is 0 Å². The average molecular weight is 471 g/mol. The Morgan fingerprint density at radius 3 is 2.21 bits per heavy atom. The van der Waals surface area contributed by atoms with Gasteiger partial charge in [-0.2, -0.15) is 9.78 Å². The van der Waals surface area contributed by atoms with E-state index in [1.807, 2.05) is 59.1 Å². The monoisotopic (exact) mass is 470 g/mol. The van der Waals surface area contributed by atoms with Crippen molar-refractivity contribution >= 4 is 18.0 Å². The van der Waals surface area contributed by atoms with Crippen LogP contribution in [0, 0.1) is 12.8 Å². The van der Waals surface area contributed by atoms with E-state index in [2.05, 4.69) is 25.5 Å². The second-order valence-electron chi connectivity index (χ2n) is 8.55. The van der Waals surface area contributed by atoms with Crippen LogP contribution < -0.4 is 17.0 Å². The van der Waals surface area contributed by atoms with Crippen LogP contribution in [0.25, 0.3) is 11.3 Å². The summed E-state index contributed by atoms with van der Waals surface area (Å²) in [6, 6.07) is 9.11. The fourth-order valence-corrected chi connectivity index (χ4v) is 2.94. The summed E-state index contributed by atoms with van der Waals surface area (Å²) >= 11 is 1.36. The molecule has 0 aliphatic rings. The molecule has 2 heterocycles. The predicted octanol–water partition coefficient (Wildman–Crippen LogP) is 2.48. The molecule has 0 spiro atoms. The second kappa shape index (κ2) is 11.0. The number of nitrogens with zero attached hydrogens (tertiary/aromatic N) is 7. The lowest BCUT2D eigenvalue weighted by Crippen LogP contribution is -2.32. The number of nitrogen functional groups attached to an aromatic ring is 1. The van der Waals surface area contributed by atoms with E-state index < -0.39 is 0 Å². The van der Waals surface area contributed by atoms with Gasteiger partial charge in [-0.3, -0.25) is 9.59 Å². The van der Waals surface area contributed by atoms with E-state index in [1.165, 1.54) is 16.4 Å². The van der Waals surface area contributed by atoms with E-state index in [1.54, 1.807) is 25.3 Å². The summed E-state index contributed by atoms with van der Waals surface area (Å²) in [5, 5.41) is 20.5. The maximum atomic E-state index is 12.3. The highest BCUT2D eigenvalue weighted by molar-refractivity contribution is 7.98. The van der Waals surface area contributed by atoms with Crippen LogP contribution >= 0.6 is 11.8 Å². The van der Waals surface area contributed by atoms with Crippen molar-refractivity contribution in [3.8, 4) is 11.3 Å². The zero-order valence-corrected chi connectivity index (χ0v) is 20.8. The van der Waals surface area contributed by atoms with Crippen LogP contribution in [0.4, 0.5) is 0 Å². The third kappa shape index (κ3) is 6.58. The Hall–Kier alpha value is -3.34. The van der Waals surface area contributed by atoms with Gasteiger partial charge in [0, 0.05) is 17.2 Å². The Morgan fingerprint density at radius 2 is 1.67 bits per heavy atom. The highest BCUT2D eigenvalue weighted by Crippen LogP contribution is 2.17. The van der Waals surface area contributed by atoms with Gasteiger partial charge in [0.15, 0.2) is 11.5 Å². The summed E-state index contributed by atoms with van der Waals surface area (Å²) in [6.45, 7) is 11.5. The first-order valence-corrected chi connectivity index (χ1v) is 11.5. The van der Waals surface area contributed by atoms with Gasteiger partial charge < -0.3 is 5.84 Å². The standard InChI is InChI=1S/C12H20N4OS.C10H10N4O/c1-8(2)7-13-16-10(17)9(12(3,4)5)14-15-11(16)18-6;1-7-12-13-9(10(15)14(7)11)8-5-3-2-4-6-8/h7-8H,1-6H3;2-6H,11H2,1H3. The van der Waals surface area contributed by atoms with Crippen molar-refractivity contribution in [3.05, 3.63) is 62.6 Å². The molecule has 0 saturated carbocycles. The number of hydrogen-bond donors (Lipinski definition) is 1. The van der Waals surface area contributed by atoms with Crippen LogP contribution in [0.15, 0.2) is 50.2 Å². The van der Waals surface area contributed by atoms with Gasteiger partial charge in [-0.25, -0.2) is 4.68 Å². The van der Waals surface area contributed by atoms with Gasteiger partial charge in [-0.15, -0.1) is 20.4 Å². The molecule has 33 heavy (non-hydrogen) atoms. The van der Waals surface area contributed by atoms with E-state index in [4.69, 9.17) is 5.84 Å². The van der Waals surface area contributed by atoms with Crippen LogP contribution in [0.3, 0.4) is 0 Å². The first-order valence-electron chi connectivity index (χ1n) is 10.3. The fourth-order valence-electron chi connectivity index (χ4n) is 2.52. The molecule has 0 unspecified atom stereocenters. The molecule has 0 aliphatic heterocycles. The SMILES string of the molecule is CSc1nnc(C(C)(C)C)c(=O)n1N=CC(C)C.Cc1nnc(-c2ccccc2)c(=O)n1N. The Kier molecular flexibility index (Phi) is 8.63. The number of aryl methyl sites for hydroxylation is 1. The maximum Gasteiger partial charge on any atom is 0.298 e. The molecule has 1 aromatic carbocycles. The highest BCUT2D eigenvalue weighted by atomic mass is 32.2. The molecule has 10 nitrogen and oxygen atoms in total. The lowest BCUT2D eigenvalue weighted by Gasteiger charge is -2.16. The summed E-state index contributed by atoms with van der Waals surface area (Å²) in [5.41, 5.74) is 0.544. The smallest absolute Gasteiger partial charge is 0.298 e. The zero-order chi connectivity index (χ0) is 24.8. The molecule has 0 amide bonds. The Balaban J connectivity index is 0.000000237. The second-order valence-corrected chi connectivity index (χ2v) is 9.32. The maximum absolute atomic E-state index is 12.3. The number of hydrogen-bond acceptors (Lipinski definition) is 9. The van der Waals surface area contributed by atoms with Crippen molar-refractivity contribution in [3.63, 3.8) is 0 Å². The van der Waals surface area contributed by atoms with E-state index in [-0.39, 0.29) is 28.1 Å². The summed E-state index contributed by atoms with van der Waals surface area (Å²) in [5.74, 6) is 6.19. The molecular formula is C22H30N8O2S. The molecule has 0 aliphatic carbocycles. The summed E-state index contributed by atoms with van der Waals surface area (Å²) in [6.07, 6.45) is 3.58. The lowest BCUT2D eigenvalue weighted by molar-refractivity contribution is 0.509. The molecule has 0 radical (unpaired) electrons. The van der Waals surface area contributed by atoms with Crippen LogP contribution in [0.1, 0.15) is 46.1 Å². The minimum absolute atomic E-state index is 0.196. The molecule has 176 valence electrons. The fraction of sp³-hybridized carbons (Fsp3) is 0.409. The van der Waals surface area contributed by atoms with Crippen LogP contribution in [-0.4, -0.2) is 42.2 Å². The first kappa shape index (κ1) is 25.9. The summed E-state index contributed by atoms with van der Waals surface area (Å²) < 4.78 is 2.33. The van der Waals surface area contributed by atoms with Gasteiger partial charge in [0.25, 0.3) is 11.1 Å². The lowest BCUT2D eigenvalue weighted by atomic mass is 9.93. The van der Waals surface area contributed by atoms with E-state index >= 15 is 0 Å². The quantitative estimate of drug-likeness (QED) is 0.349. The van der Waals surface area contributed by atoms with Crippen molar-refractivity contribution in [1.82, 2.24) is 29.7 Å². The highest BCUT2D eigenvalue weighted by Gasteiger charge is 2.23. The minimum atomic E-state index is -0.339. The molecule has 3 rings (SSSR count). The van der Waals surface area contributed by atoms with E-state index in [9.17, 15) is 9.59 Å². The normalized spacial score (nSPS) is 11.5. The van der Waals surface area contributed by atoms with Gasteiger partial charge >= 0.3 is 0 Å². The van der Waals surface area contributed by atoms with E-state index in [0.717, 1.165) is 4.68 Å². The largest absolute Gasteiger partial charge is 0.335 e. The molecule has 2 aromatic heterocycles. The number of rotatable bonds is 4. The van der Waals surface area contributed by atoms with Gasteiger partial charge in [-0.1, -0.05) is 76.7 Å². The van der Waals surface area contributed by atoms with Gasteiger partial charge in [-0.05, 0) is 19.1 Å². The molecule has 0 atom stereocenters. The number of thioether (sulfide) groups is 1. The van der Waals surface area contributed by atoms with Gasteiger partial charge in [0.05, 0.1) is 0 Å². The molecule has 0 fully saturated rings. The molecule has 0 bridgehead atoms. The number of nitrogens with two attached hydrogens (primary N) is 1. The van der Waals surface area contributed by atoms with Gasteiger partial charge in [0.2, 0.25) is 5.16 Å². The van der Waals surface area contributed by atoms with Crippen molar-refractivity contribution in [2.24, 2.45) is 11.0 Å². The molecule has 0 saturated heterocycles. The third-order valence-electron chi connectivity index (χ3n) is 4.30. The molecule has 3 aromatic rings. The zero-order valence-electron chi connectivity index (χ0n) is 20.0. The summed E-state index contributed by atoms with van der Waals surface area (Å²) in [7, 11) is 0. The van der Waals surface area contributed by atoms with Gasteiger partial charge in [0.1, 0.15) is 5.69 Å². The molecule has 2 N–H and O–H groups in total. The van der Waals surface area contributed by atoms with Crippen molar-refractivity contribution in [2.75, 3.05) is 12.1 Å². The first-order chi connectivity index (χ1) is 15.5. The third-order valence-corrected chi connectivity index (χ3v) is 4.92. The topological polar surface area (TPSA) is 134 Å². The van der Waals surface area contributed by atoms with Crippen LogP contribution in [-0.2, 0) is 5.41 Å².